The van der Waals surface area contributed by atoms with Gasteiger partial charge in [0.15, 0.2) is 17.2 Å². The van der Waals surface area contributed by atoms with Crippen molar-refractivity contribution < 1.29 is 33.7 Å². The first-order chi connectivity index (χ1) is 12.4. The molecule has 1 aromatic heterocycles. The van der Waals surface area contributed by atoms with Gasteiger partial charge in [0.1, 0.15) is 0 Å². The fourth-order valence-electron chi connectivity index (χ4n) is 2.04. The van der Waals surface area contributed by atoms with Gasteiger partial charge in [-0.2, -0.15) is 0 Å². The van der Waals surface area contributed by atoms with Crippen molar-refractivity contribution in [1.29, 1.82) is 0 Å². The molecule has 2 rings (SSSR count). The second-order valence-corrected chi connectivity index (χ2v) is 6.68. The molecule has 0 saturated carbocycles. The van der Waals surface area contributed by atoms with Crippen LogP contribution in [0.2, 0.25) is 0 Å². The summed E-state index contributed by atoms with van der Waals surface area (Å²) in [7, 11) is 1.24. The first-order valence-corrected chi connectivity index (χ1v) is 9.02. The molecule has 2 aromatic rings. The second kappa shape index (κ2) is 8.81. The number of hydrogen-bond donors (Lipinski definition) is 1. The highest BCUT2D eigenvalue weighted by Gasteiger charge is 2.25. The summed E-state index contributed by atoms with van der Waals surface area (Å²) in [6.45, 7) is 1.54. The van der Waals surface area contributed by atoms with Crippen molar-refractivity contribution in [2.24, 2.45) is 0 Å². The van der Waals surface area contributed by atoms with Crippen LogP contribution in [0.15, 0.2) is 28.7 Å². The van der Waals surface area contributed by atoms with Crippen LogP contribution < -0.4 is 4.74 Å². The van der Waals surface area contributed by atoms with Crippen molar-refractivity contribution in [3.8, 4) is 16.2 Å². The van der Waals surface area contributed by atoms with E-state index in [1.807, 2.05) is 0 Å². The maximum atomic E-state index is 12.0. The summed E-state index contributed by atoms with van der Waals surface area (Å²) in [5.74, 6) is -2.03. The van der Waals surface area contributed by atoms with Gasteiger partial charge < -0.3 is 19.3 Å². The minimum Gasteiger partial charge on any atom is -0.479 e. The fourth-order valence-corrected chi connectivity index (χ4v) is 4.01. The van der Waals surface area contributed by atoms with E-state index in [2.05, 4.69) is 15.9 Å². The van der Waals surface area contributed by atoms with Crippen molar-refractivity contribution in [3.63, 3.8) is 0 Å². The van der Waals surface area contributed by atoms with Crippen molar-refractivity contribution in [2.75, 3.05) is 20.3 Å². The quantitative estimate of drug-likeness (QED) is 0.653. The number of halogens is 1. The van der Waals surface area contributed by atoms with Gasteiger partial charge in [0.25, 0.3) is 0 Å². The van der Waals surface area contributed by atoms with E-state index in [1.165, 1.54) is 19.2 Å². The molecule has 0 saturated heterocycles. The van der Waals surface area contributed by atoms with Crippen molar-refractivity contribution >= 4 is 45.2 Å². The number of carbonyl (C=O) groups excluding carboxylic acids is 2. The molecule has 1 N–H and O–H groups in total. The predicted molar refractivity (Wildman–Crippen MR) is 97.9 cm³/mol. The van der Waals surface area contributed by atoms with Crippen LogP contribution in [0.5, 0.6) is 5.75 Å². The van der Waals surface area contributed by atoms with E-state index in [0.717, 1.165) is 11.3 Å². The Kier molecular flexibility index (Phi) is 6.76. The van der Waals surface area contributed by atoms with Gasteiger partial charge in [-0.1, -0.05) is 12.1 Å². The lowest BCUT2D eigenvalue weighted by Gasteiger charge is -2.07. The molecule has 0 amide bonds. The molecule has 138 valence electrons. The smallest absolute Gasteiger partial charge is 0.351 e. The molecule has 9 heteroatoms. The molecule has 0 aliphatic heterocycles. The van der Waals surface area contributed by atoms with Gasteiger partial charge in [0, 0.05) is 0 Å². The Morgan fingerprint density at radius 1 is 1.19 bits per heavy atom. The van der Waals surface area contributed by atoms with Crippen molar-refractivity contribution in [1.82, 2.24) is 0 Å². The normalized spacial score (nSPS) is 10.3. The number of thiophene rings is 1. The Hall–Kier alpha value is -2.39. The number of hydrogen-bond acceptors (Lipinski definition) is 7. The lowest BCUT2D eigenvalue weighted by atomic mass is 10.1. The van der Waals surface area contributed by atoms with Crippen LogP contribution in [0.4, 0.5) is 0 Å². The third-order valence-electron chi connectivity index (χ3n) is 3.21. The average Bonchev–Trinajstić information content (AvgIpc) is 2.96. The van der Waals surface area contributed by atoms with Crippen LogP contribution in [0.1, 0.15) is 27.0 Å². The Bertz CT molecular complexity index is 826. The number of carboxylic acids is 1. The van der Waals surface area contributed by atoms with E-state index in [-0.39, 0.29) is 29.4 Å². The number of methoxy groups -OCH3 is 1. The summed E-state index contributed by atoms with van der Waals surface area (Å²) in [6, 6.07) is 6.16. The van der Waals surface area contributed by atoms with E-state index in [0.29, 0.717) is 14.9 Å². The maximum absolute atomic E-state index is 12.0. The van der Waals surface area contributed by atoms with E-state index in [1.54, 1.807) is 19.1 Å². The summed E-state index contributed by atoms with van der Waals surface area (Å²) in [6.07, 6.45) is 0. The van der Waals surface area contributed by atoms with E-state index in [9.17, 15) is 14.4 Å². The van der Waals surface area contributed by atoms with Crippen LogP contribution in [0.25, 0.3) is 10.4 Å². The highest BCUT2D eigenvalue weighted by Crippen LogP contribution is 2.45. The molecule has 1 heterocycles. The van der Waals surface area contributed by atoms with Crippen LogP contribution in [-0.4, -0.2) is 43.3 Å². The van der Waals surface area contributed by atoms with Gasteiger partial charge in [0.2, 0.25) is 0 Å². The van der Waals surface area contributed by atoms with Crippen molar-refractivity contribution in [3.05, 3.63) is 39.2 Å². The molecule has 0 radical (unpaired) electrons. The molecule has 0 aliphatic carbocycles. The molecule has 7 nitrogen and oxygen atoms in total. The number of esters is 2. The first-order valence-electron chi connectivity index (χ1n) is 7.41. The SMILES string of the molecule is CCOC(=O)COc1c(C(=O)OC)sc(-c2ccc(C(=O)O)cc2)c1Br. The first kappa shape index (κ1) is 19.9. The zero-order chi connectivity index (χ0) is 19.3. The number of benzene rings is 1. The topological polar surface area (TPSA) is 99.1 Å². The second-order valence-electron chi connectivity index (χ2n) is 4.87. The monoisotopic (exact) mass is 442 g/mol. The van der Waals surface area contributed by atoms with Crippen LogP contribution >= 0.6 is 27.3 Å². The van der Waals surface area contributed by atoms with E-state index < -0.39 is 17.9 Å². The molecule has 0 aliphatic rings. The largest absolute Gasteiger partial charge is 0.479 e. The molecule has 26 heavy (non-hydrogen) atoms. The van der Waals surface area contributed by atoms with E-state index >= 15 is 0 Å². The molecule has 0 atom stereocenters. The Balaban J connectivity index is 2.39. The van der Waals surface area contributed by atoms with Crippen LogP contribution in [-0.2, 0) is 14.3 Å². The summed E-state index contributed by atoms with van der Waals surface area (Å²) < 4.78 is 15.5. The number of carbonyl (C=O) groups is 3. The third-order valence-corrected chi connectivity index (χ3v) is 5.43. The third kappa shape index (κ3) is 4.41. The van der Waals surface area contributed by atoms with Crippen LogP contribution in [0.3, 0.4) is 0 Å². The summed E-state index contributed by atoms with van der Waals surface area (Å²) in [4.78, 5) is 35.4. The fraction of sp³-hybridized carbons (Fsp3) is 0.235. The van der Waals surface area contributed by atoms with Gasteiger partial charge in [-0.05, 0) is 40.5 Å². The standard InChI is InChI=1S/C17H15BrO7S/c1-3-24-11(19)8-25-13-12(18)14(26-15(13)17(22)23-2)9-4-6-10(7-5-9)16(20)21/h4-7H,3,8H2,1-2H3,(H,20,21). The van der Waals surface area contributed by atoms with Gasteiger partial charge in [0.05, 0.1) is 28.6 Å². The lowest BCUT2D eigenvalue weighted by molar-refractivity contribution is -0.145. The number of carboxylic acid groups (broad SMARTS) is 1. The van der Waals surface area contributed by atoms with Gasteiger partial charge in [-0.25, -0.2) is 14.4 Å². The van der Waals surface area contributed by atoms with Gasteiger partial charge in [-0.15, -0.1) is 11.3 Å². The maximum Gasteiger partial charge on any atom is 0.351 e. The van der Waals surface area contributed by atoms with E-state index in [4.69, 9.17) is 19.3 Å². The lowest BCUT2D eigenvalue weighted by Crippen LogP contribution is -2.15. The summed E-state index contributed by atoms with van der Waals surface area (Å²) in [5.41, 5.74) is 0.830. The Morgan fingerprint density at radius 3 is 2.38 bits per heavy atom. The molecule has 0 fully saturated rings. The minimum atomic E-state index is -1.03. The molecule has 1 aromatic carbocycles. The minimum absolute atomic E-state index is 0.147. The molecular weight excluding hydrogens is 428 g/mol. The highest BCUT2D eigenvalue weighted by molar-refractivity contribution is 9.10. The zero-order valence-corrected chi connectivity index (χ0v) is 16.3. The number of aromatic carboxylic acids is 1. The van der Waals surface area contributed by atoms with Gasteiger partial charge in [-0.3, -0.25) is 0 Å². The molecule has 0 spiro atoms. The van der Waals surface area contributed by atoms with Crippen LogP contribution in [0, 0.1) is 0 Å². The molecule has 0 bridgehead atoms. The number of ether oxygens (including phenoxy) is 3. The Morgan fingerprint density at radius 2 is 1.85 bits per heavy atom. The zero-order valence-electron chi connectivity index (χ0n) is 13.9. The van der Waals surface area contributed by atoms with Crippen molar-refractivity contribution in [2.45, 2.75) is 6.92 Å². The Labute approximate surface area is 161 Å². The average molecular weight is 443 g/mol. The molecular formula is C17H15BrO7S. The molecule has 0 unspecified atom stereocenters. The highest BCUT2D eigenvalue weighted by atomic mass is 79.9. The van der Waals surface area contributed by atoms with Gasteiger partial charge >= 0.3 is 17.9 Å². The summed E-state index contributed by atoms with van der Waals surface area (Å²) >= 11 is 4.49. The predicted octanol–water partition coefficient (Wildman–Crippen LogP) is 3.60. The summed E-state index contributed by atoms with van der Waals surface area (Å²) in [5, 5.41) is 8.99. The number of rotatable bonds is 7.